The van der Waals surface area contributed by atoms with Crippen molar-refractivity contribution in [3.8, 4) is 5.75 Å². The van der Waals surface area contributed by atoms with Crippen molar-refractivity contribution in [3.63, 3.8) is 0 Å². The van der Waals surface area contributed by atoms with Gasteiger partial charge in [0.1, 0.15) is 5.75 Å². The predicted molar refractivity (Wildman–Crippen MR) is 116 cm³/mol. The molecule has 2 aliphatic heterocycles. The van der Waals surface area contributed by atoms with Crippen LogP contribution in [0, 0.1) is 0 Å². The number of rotatable bonds is 5. The fraction of sp³-hybridized carbons (Fsp3) is 0.429. The molecule has 0 unspecified atom stereocenters. The van der Waals surface area contributed by atoms with E-state index in [1.54, 1.807) is 18.3 Å². The van der Waals surface area contributed by atoms with Gasteiger partial charge in [0.25, 0.3) is 5.91 Å². The number of amides is 1. The Labute approximate surface area is 184 Å². The van der Waals surface area contributed by atoms with Crippen molar-refractivity contribution in [1.82, 2.24) is 19.9 Å². The molecule has 11 nitrogen and oxygen atoms in total. The summed E-state index contributed by atoms with van der Waals surface area (Å²) in [4.78, 5) is 32.3. The molecule has 3 aromatic rings. The lowest BCUT2D eigenvalue weighted by molar-refractivity contribution is -0.347. The molecule has 11 heteroatoms. The maximum atomic E-state index is 13.1. The summed E-state index contributed by atoms with van der Waals surface area (Å²) in [6.07, 6.45) is 1.64. The zero-order valence-electron chi connectivity index (χ0n) is 17.9. The number of anilines is 3. The summed E-state index contributed by atoms with van der Waals surface area (Å²) >= 11 is 0. The molecular formula is C21H26N7O4+. The molecule has 2 aliphatic rings. The van der Waals surface area contributed by atoms with Crippen molar-refractivity contribution in [3.05, 3.63) is 30.2 Å². The van der Waals surface area contributed by atoms with E-state index < -0.39 is 0 Å². The van der Waals surface area contributed by atoms with Crippen LogP contribution in [0.2, 0.25) is 0 Å². The molecule has 32 heavy (non-hydrogen) atoms. The Morgan fingerprint density at radius 1 is 1.12 bits per heavy atom. The highest BCUT2D eigenvalue weighted by Crippen LogP contribution is 2.32. The molecule has 1 aromatic carbocycles. The number of nitrogens with one attached hydrogen (secondary N) is 3. The van der Waals surface area contributed by atoms with E-state index in [1.807, 2.05) is 18.2 Å². The quantitative estimate of drug-likeness (QED) is 0.599. The summed E-state index contributed by atoms with van der Waals surface area (Å²) in [5, 5.41) is 3.21. The van der Waals surface area contributed by atoms with E-state index in [4.69, 9.17) is 14.2 Å². The summed E-state index contributed by atoms with van der Waals surface area (Å²) in [6.45, 7) is 5.22. The molecule has 168 valence electrons. The van der Waals surface area contributed by atoms with Gasteiger partial charge in [-0.25, -0.2) is 4.98 Å². The number of imidazole rings is 1. The van der Waals surface area contributed by atoms with Crippen LogP contribution in [0.5, 0.6) is 5.75 Å². The Morgan fingerprint density at radius 3 is 2.62 bits per heavy atom. The molecule has 3 N–H and O–H groups in total. The van der Waals surface area contributed by atoms with Gasteiger partial charge in [0.15, 0.2) is 12.0 Å². The Kier molecular flexibility index (Phi) is 5.73. The highest BCUT2D eigenvalue weighted by atomic mass is 16.5. The van der Waals surface area contributed by atoms with Crippen molar-refractivity contribution >= 4 is 34.4 Å². The number of fused-ring (bicyclic) bond motifs is 1. The van der Waals surface area contributed by atoms with Crippen LogP contribution in [0.15, 0.2) is 24.5 Å². The summed E-state index contributed by atoms with van der Waals surface area (Å²) in [6, 6.07) is 5.94. The second kappa shape index (κ2) is 8.97. The number of H-pyrrole nitrogens is 2. The van der Waals surface area contributed by atoms with E-state index in [0.29, 0.717) is 73.8 Å². The first kappa shape index (κ1) is 20.5. The van der Waals surface area contributed by atoms with E-state index in [2.05, 4.69) is 30.2 Å². The Morgan fingerprint density at radius 2 is 1.88 bits per heavy atom. The topological polar surface area (TPSA) is 119 Å². The highest BCUT2D eigenvalue weighted by Gasteiger charge is 2.27. The van der Waals surface area contributed by atoms with E-state index in [9.17, 15) is 4.79 Å². The van der Waals surface area contributed by atoms with Crippen molar-refractivity contribution in [2.24, 2.45) is 0 Å². The Bertz CT molecular complexity index is 1110. The number of morpholine rings is 2. The second-order valence-corrected chi connectivity index (χ2v) is 7.57. The molecule has 0 aliphatic carbocycles. The number of hydrogen-bond acceptors (Lipinski definition) is 8. The minimum Gasteiger partial charge on any atom is -0.494 e. The van der Waals surface area contributed by atoms with E-state index in [0.717, 1.165) is 18.8 Å². The van der Waals surface area contributed by atoms with Crippen LogP contribution in [0.25, 0.3) is 11.2 Å². The fourth-order valence-corrected chi connectivity index (χ4v) is 3.93. The van der Waals surface area contributed by atoms with Gasteiger partial charge in [0.2, 0.25) is 5.52 Å². The number of hydrogen-bond donors (Lipinski definition) is 2. The monoisotopic (exact) mass is 440 g/mol. The third kappa shape index (κ3) is 4.04. The van der Waals surface area contributed by atoms with Crippen LogP contribution < -0.4 is 19.9 Å². The van der Waals surface area contributed by atoms with Crippen LogP contribution in [-0.4, -0.2) is 85.5 Å². The molecule has 2 fully saturated rings. The number of ether oxygens (including phenoxy) is 3. The van der Waals surface area contributed by atoms with E-state index >= 15 is 0 Å². The molecule has 0 spiro atoms. The van der Waals surface area contributed by atoms with Crippen molar-refractivity contribution in [2.45, 2.75) is 0 Å². The number of nitrogens with zero attached hydrogens (tertiary/aromatic N) is 4. The van der Waals surface area contributed by atoms with Crippen molar-refractivity contribution in [1.29, 1.82) is 0 Å². The number of benzene rings is 1. The first-order valence-electron chi connectivity index (χ1n) is 10.6. The average Bonchev–Trinajstić information content (AvgIpc) is 3.33. The smallest absolute Gasteiger partial charge is 0.305 e. The van der Waals surface area contributed by atoms with Gasteiger partial charge in [-0.3, -0.25) is 9.78 Å². The lowest BCUT2D eigenvalue weighted by atomic mass is 10.2. The number of aromatic amines is 2. The van der Waals surface area contributed by atoms with Gasteiger partial charge in [-0.1, -0.05) is 4.98 Å². The van der Waals surface area contributed by atoms with Crippen molar-refractivity contribution < 1.29 is 24.0 Å². The minimum atomic E-state index is -0.158. The number of carbonyl (C=O) groups excluding carboxylic acids is 1. The molecular weight excluding hydrogens is 414 g/mol. The lowest BCUT2D eigenvalue weighted by Crippen LogP contribution is -2.41. The van der Waals surface area contributed by atoms with Gasteiger partial charge in [-0.2, -0.15) is 4.98 Å². The maximum absolute atomic E-state index is 13.1. The first-order valence-corrected chi connectivity index (χ1v) is 10.6. The Balaban J connectivity index is 1.44. The number of carbonyl (C=O) groups is 1. The average molecular weight is 440 g/mol. The molecule has 2 aromatic heterocycles. The molecule has 5 rings (SSSR count). The molecule has 0 atom stereocenters. The van der Waals surface area contributed by atoms with E-state index in [-0.39, 0.29) is 5.91 Å². The van der Waals surface area contributed by atoms with Crippen LogP contribution in [-0.2, 0) is 9.47 Å². The minimum absolute atomic E-state index is 0.158. The molecule has 0 saturated carbocycles. The number of aromatic nitrogens is 4. The zero-order chi connectivity index (χ0) is 21.9. The van der Waals surface area contributed by atoms with Crippen LogP contribution in [0.4, 0.5) is 17.3 Å². The standard InChI is InChI=1S/C21H25N7O4/c1-30-16-12-14(27-4-8-31-9-5-27)2-3-15(16)24-21-25-18(17-19(26-21)23-13-22-17)20(29)28-6-10-32-11-7-28/h2-3,12-13H,4-11H2,1H3,(H2,22,23,24,25,26)/p+1. The van der Waals surface area contributed by atoms with Crippen LogP contribution in [0.3, 0.4) is 0 Å². The van der Waals surface area contributed by atoms with E-state index in [1.165, 1.54) is 0 Å². The fourth-order valence-electron chi connectivity index (χ4n) is 3.93. The molecule has 0 bridgehead atoms. The van der Waals surface area contributed by atoms with Gasteiger partial charge >= 0.3 is 11.6 Å². The number of methoxy groups -OCH3 is 1. The van der Waals surface area contributed by atoms with Crippen LogP contribution >= 0.6 is 0 Å². The molecule has 2 saturated heterocycles. The highest BCUT2D eigenvalue weighted by molar-refractivity contribution is 6.02. The Hall–Kier alpha value is -3.44. The summed E-state index contributed by atoms with van der Waals surface area (Å²) in [5.74, 6) is 0.813. The summed E-state index contributed by atoms with van der Waals surface area (Å²) in [7, 11) is 1.63. The van der Waals surface area contributed by atoms with Gasteiger partial charge < -0.3 is 29.3 Å². The van der Waals surface area contributed by atoms with Gasteiger partial charge in [0, 0.05) is 37.9 Å². The maximum Gasteiger partial charge on any atom is 0.305 e. The SMILES string of the molecule is COc1cc(N2CCOCC2)ccc1Nc1nc(C(=O)N2CCOCC2)c2[nH]c[nH+]c2n1. The molecule has 0 radical (unpaired) electrons. The third-order valence-electron chi connectivity index (χ3n) is 5.64. The zero-order valence-corrected chi connectivity index (χ0v) is 17.9. The van der Waals surface area contributed by atoms with Crippen LogP contribution in [0.1, 0.15) is 10.5 Å². The molecule has 4 heterocycles. The first-order chi connectivity index (χ1) is 15.7. The normalized spacial score (nSPS) is 16.9. The predicted octanol–water partition coefficient (Wildman–Crippen LogP) is 0.833. The summed E-state index contributed by atoms with van der Waals surface area (Å²) < 4.78 is 16.4. The largest absolute Gasteiger partial charge is 0.494 e. The second-order valence-electron chi connectivity index (χ2n) is 7.57. The van der Waals surface area contributed by atoms with Gasteiger partial charge in [-0.15, -0.1) is 0 Å². The van der Waals surface area contributed by atoms with Crippen molar-refractivity contribution in [2.75, 3.05) is 69.9 Å². The lowest BCUT2D eigenvalue weighted by Gasteiger charge is -2.29. The van der Waals surface area contributed by atoms with Gasteiger partial charge in [0.05, 0.1) is 39.2 Å². The summed E-state index contributed by atoms with van der Waals surface area (Å²) in [5.41, 5.74) is 3.20. The van der Waals surface area contributed by atoms with Gasteiger partial charge in [-0.05, 0) is 12.1 Å². The molecule has 1 amide bonds. The third-order valence-corrected chi connectivity index (χ3v) is 5.64.